The van der Waals surface area contributed by atoms with E-state index in [4.69, 9.17) is 5.11 Å². The Morgan fingerprint density at radius 1 is 1.38 bits per heavy atom. The highest BCUT2D eigenvalue weighted by Gasteiger charge is 2.10. The number of hydrogen-bond acceptors (Lipinski definition) is 1. The van der Waals surface area contributed by atoms with Gasteiger partial charge in [-0.1, -0.05) is 12.1 Å². The van der Waals surface area contributed by atoms with Crippen LogP contribution in [0.15, 0.2) is 18.2 Å². The lowest BCUT2D eigenvalue weighted by atomic mass is 10.1. The van der Waals surface area contributed by atoms with E-state index < -0.39 is 6.09 Å². The van der Waals surface area contributed by atoms with Gasteiger partial charge in [-0.3, -0.25) is 4.90 Å². The van der Waals surface area contributed by atoms with Crippen molar-refractivity contribution >= 4 is 11.8 Å². The fourth-order valence-electron chi connectivity index (χ4n) is 1.20. The van der Waals surface area contributed by atoms with Crippen molar-refractivity contribution in [2.75, 3.05) is 11.9 Å². The molecule has 1 amide bonds. The summed E-state index contributed by atoms with van der Waals surface area (Å²) >= 11 is 0. The molecule has 0 aliphatic heterocycles. The molecule has 0 saturated carbocycles. The molecule has 0 saturated heterocycles. The minimum absolute atomic E-state index is 0.743. The Bertz CT molecular complexity index is 334. The van der Waals surface area contributed by atoms with Gasteiger partial charge < -0.3 is 5.11 Å². The van der Waals surface area contributed by atoms with Crippen molar-refractivity contribution in [3.05, 3.63) is 29.3 Å². The van der Waals surface area contributed by atoms with Crippen LogP contribution in [0.25, 0.3) is 0 Å². The molecule has 13 heavy (non-hydrogen) atoms. The third-order valence-corrected chi connectivity index (χ3v) is 2.22. The first-order valence-electron chi connectivity index (χ1n) is 4.07. The van der Waals surface area contributed by atoms with Gasteiger partial charge in [0.15, 0.2) is 0 Å². The van der Waals surface area contributed by atoms with Crippen LogP contribution in [0, 0.1) is 13.8 Å². The van der Waals surface area contributed by atoms with Crippen molar-refractivity contribution in [2.45, 2.75) is 13.8 Å². The Morgan fingerprint density at radius 3 is 2.54 bits per heavy atom. The molecule has 0 aromatic heterocycles. The Balaban J connectivity index is 3.15. The first kappa shape index (κ1) is 9.58. The van der Waals surface area contributed by atoms with Gasteiger partial charge in [-0.2, -0.15) is 0 Å². The van der Waals surface area contributed by atoms with Crippen LogP contribution in [0.1, 0.15) is 11.1 Å². The molecule has 0 fully saturated rings. The van der Waals surface area contributed by atoms with E-state index in [1.165, 1.54) is 4.90 Å². The zero-order valence-electron chi connectivity index (χ0n) is 8.03. The minimum atomic E-state index is -0.936. The summed E-state index contributed by atoms with van der Waals surface area (Å²) in [6, 6.07) is 5.63. The van der Waals surface area contributed by atoms with E-state index in [9.17, 15) is 4.79 Å². The second-order valence-corrected chi connectivity index (χ2v) is 3.06. The quantitative estimate of drug-likeness (QED) is 0.719. The molecule has 0 aliphatic rings. The van der Waals surface area contributed by atoms with E-state index in [1.54, 1.807) is 13.1 Å². The summed E-state index contributed by atoms with van der Waals surface area (Å²) < 4.78 is 0. The fourth-order valence-corrected chi connectivity index (χ4v) is 1.20. The summed E-state index contributed by atoms with van der Waals surface area (Å²) in [4.78, 5) is 11.9. The molecule has 70 valence electrons. The van der Waals surface area contributed by atoms with E-state index >= 15 is 0 Å². The molecule has 3 nitrogen and oxygen atoms in total. The molecule has 3 heteroatoms. The van der Waals surface area contributed by atoms with Crippen LogP contribution in [-0.2, 0) is 0 Å². The lowest BCUT2D eigenvalue weighted by Crippen LogP contribution is -2.24. The molecule has 0 bridgehead atoms. The highest BCUT2D eigenvalue weighted by Crippen LogP contribution is 2.21. The highest BCUT2D eigenvalue weighted by molar-refractivity contribution is 5.86. The number of benzene rings is 1. The Hall–Kier alpha value is -1.51. The van der Waals surface area contributed by atoms with Crippen LogP contribution in [0.2, 0.25) is 0 Å². The maximum Gasteiger partial charge on any atom is 0.411 e. The molecule has 0 heterocycles. The topological polar surface area (TPSA) is 40.5 Å². The molecule has 1 N–H and O–H groups in total. The van der Waals surface area contributed by atoms with Crippen molar-refractivity contribution < 1.29 is 9.90 Å². The second-order valence-electron chi connectivity index (χ2n) is 3.06. The van der Waals surface area contributed by atoms with Gasteiger partial charge in [-0.05, 0) is 31.0 Å². The molecule has 1 rings (SSSR count). The van der Waals surface area contributed by atoms with Crippen molar-refractivity contribution in [3.8, 4) is 0 Å². The molecular weight excluding hydrogens is 166 g/mol. The maximum atomic E-state index is 10.7. The molecular formula is C10H13NO2. The first-order valence-corrected chi connectivity index (χ1v) is 4.07. The van der Waals surface area contributed by atoms with Gasteiger partial charge in [0.2, 0.25) is 0 Å². The third-order valence-electron chi connectivity index (χ3n) is 2.22. The summed E-state index contributed by atoms with van der Waals surface area (Å²) in [6.07, 6.45) is -0.936. The average molecular weight is 179 g/mol. The molecule has 0 radical (unpaired) electrons. The van der Waals surface area contributed by atoms with Crippen LogP contribution in [-0.4, -0.2) is 18.2 Å². The average Bonchev–Trinajstić information content (AvgIpc) is 2.08. The van der Waals surface area contributed by atoms with Crippen LogP contribution < -0.4 is 4.90 Å². The molecule has 1 aromatic rings. The molecule has 1 aromatic carbocycles. The number of carboxylic acid groups (broad SMARTS) is 1. The van der Waals surface area contributed by atoms with E-state index in [2.05, 4.69) is 0 Å². The van der Waals surface area contributed by atoms with Crippen LogP contribution in [0.4, 0.5) is 10.5 Å². The van der Waals surface area contributed by atoms with Gasteiger partial charge >= 0.3 is 6.09 Å². The maximum absolute atomic E-state index is 10.7. The van der Waals surface area contributed by atoms with E-state index in [0.29, 0.717) is 0 Å². The van der Waals surface area contributed by atoms with Crippen LogP contribution in [0.3, 0.4) is 0 Å². The van der Waals surface area contributed by atoms with Gasteiger partial charge in [0.05, 0.1) is 0 Å². The first-order chi connectivity index (χ1) is 6.04. The van der Waals surface area contributed by atoms with E-state index in [-0.39, 0.29) is 0 Å². The van der Waals surface area contributed by atoms with Gasteiger partial charge in [-0.25, -0.2) is 4.79 Å². The molecule has 0 atom stereocenters. The Kier molecular flexibility index (Phi) is 2.56. The lowest BCUT2D eigenvalue weighted by Gasteiger charge is -2.16. The molecule has 0 aliphatic carbocycles. The SMILES string of the molecule is Cc1cccc(N(C)C(=O)O)c1C. The highest BCUT2D eigenvalue weighted by atomic mass is 16.4. The number of amides is 1. The predicted molar refractivity (Wildman–Crippen MR) is 52.3 cm³/mol. The summed E-state index contributed by atoms with van der Waals surface area (Å²) in [5, 5.41) is 8.78. The Labute approximate surface area is 77.6 Å². The van der Waals surface area contributed by atoms with Crippen molar-refractivity contribution in [3.63, 3.8) is 0 Å². The Morgan fingerprint density at radius 2 is 2.00 bits per heavy atom. The zero-order valence-corrected chi connectivity index (χ0v) is 8.03. The fraction of sp³-hybridized carbons (Fsp3) is 0.300. The number of nitrogens with zero attached hydrogens (tertiary/aromatic N) is 1. The number of aryl methyl sites for hydroxylation is 1. The lowest BCUT2D eigenvalue weighted by molar-refractivity contribution is 0.203. The second kappa shape index (κ2) is 3.47. The van der Waals surface area contributed by atoms with Crippen molar-refractivity contribution in [1.29, 1.82) is 0 Å². The number of carbonyl (C=O) groups is 1. The van der Waals surface area contributed by atoms with Gasteiger partial charge in [-0.15, -0.1) is 0 Å². The summed E-state index contributed by atoms with van der Waals surface area (Å²) in [7, 11) is 1.55. The van der Waals surface area contributed by atoms with E-state index in [1.807, 2.05) is 26.0 Å². The standard InChI is InChI=1S/C10H13NO2/c1-7-5-4-6-9(8(7)2)11(3)10(12)13/h4-6H,1-3H3,(H,12,13). The van der Waals surface area contributed by atoms with Gasteiger partial charge in [0.25, 0.3) is 0 Å². The van der Waals surface area contributed by atoms with Crippen LogP contribution in [0.5, 0.6) is 0 Å². The van der Waals surface area contributed by atoms with Crippen molar-refractivity contribution in [1.82, 2.24) is 0 Å². The normalized spacial score (nSPS) is 9.77. The van der Waals surface area contributed by atoms with E-state index in [0.717, 1.165) is 16.8 Å². The molecule has 0 spiro atoms. The van der Waals surface area contributed by atoms with Gasteiger partial charge in [0, 0.05) is 12.7 Å². The number of anilines is 1. The summed E-state index contributed by atoms with van der Waals surface area (Å²) in [6.45, 7) is 3.89. The summed E-state index contributed by atoms with van der Waals surface area (Å²) in [5.74, 6) is 0. The number of rotatable bonds is 1. The third kappa shape index (κ3) is 1.80. The number of hydrogen-bond donors (Lipinski definition) is 1. The molecule has 0 unspecified atom stereocenters. The minimum Gasteiger partial charge on any atom is -0.465 e. The summed E-state index contributed by atoms with van der Waals surface area (Å²) in [5.41, 5.74) is 2.85. The van der Waals surface area contributed by atoms with Gasteiger partial charge in [0.1, 0.15) is 0 Å². The smallest absolute Gasteiger partial charge is 0.411 e. The monoisotopic (exact) mass is 179 g/mol. The largest absolute Gasteiger partial charge is 0.465 e. The zero-order chi connectivity index (χ0) is 10.0. The van der Waals surface area contributed by atoms with Crippen molar-refractivity contribution in [2.24, 2.45) is 0 Å². The predicted octanol–water partition coefficient (Wildman–Crippen LogP) is 2.42. The van der Waals surface area contributed by atoms with Crippen LogP contribution >= 0.6 is 0 Å².